The van der Waals surface area contributed by atoms with E-state index in [0.29, 0.717) is 17.3 Å². The van der Waals surface area contributed by atoms with E-state index in [9.17, 15) is 4.79 Å². The van der Waals surface area contributed by atoms with Gasteiger partial charge in [0.2, 0.25) is 5.91 Å². The van der Waals surface area contributed by atoms with Crippen molar-refractivity contribution in [1.82, 2.24) is 5.32 Å². The number of nitrogens with zero attached hydrogens (tertiary/aromatic N) is 2. The number of carbonyl (C=O) groups is 1. The van der Waals surface area contributed by atoms with Gasteiger partial charge >= 0.3 is 0 Å². The Morgan fingerprint density at radius 2 is 2.17 bits per heavy atom. The van der Waals surface area contributed by atoms with Gasteiger partial charge < -0.3 is 10.2 Å². The Hall–Kier alpha value is -1.86. The van der Waals surface area contributed by atoms with E-state index in [1.165, 1.54) is 4.90 Å². The van der Waals surface area contributed by atoms with Gasteiger partial charge in [0, 0.05) is 13.1 Å². The summed E-state index contributed by atoms with van der Waals surface area (Å²) in [5, 5.41) is 12.1. The number of nitriles is 1. The maximum atomic E-state index is 12.0. The smallest absolute Gasteiger partial charge is 0.240 e. The van der Waals surface area contributed by atoms with Gasteiger partial charge in [0.15, 0.2) is 0 Å². The van der Waals surface area contributed by atoms with Crippen LogP contribution in [0.3, 0.4) is 0 Å². The van der Waals surface area contributed by atoms with Gasteiger partial charge in [0.1, 0.15) is 6.07 Å². The Morgan fingerprint density at radius 1 is 1.50 bits per heavy atom. The molecule has 1 atom stereocenters. The highest BCUT2D eigenvalue weighted by Gasteiger charge is 2.14. The van der Waals surface area contributed by atoms with Crippen molar-refractivity contribution in [3.63, 3.8) is 0 Å². The quantitative estimate of drug-likeness (QED) is 0.862. The number of anilines is 1. The minimum atomic E-state index is -0.0435. The van der Waals surface area contributed by atoms with Crippen molar-refractivity contribution in [3.8, 4) is 6.07 Å². The number of rotatable bonds is 5. The van der Waals surface area contributed by atoms with E-state index in [1.807, 2.05) is 13.0 Å². The zero-order chi connectivity index (χ0) is 13.5. The van der Waals surface area contributed by atoms with E-state index in [4.69, 9.17) is 5.26 Å². The Kier molecular flexibility index (Phi) is 5.34. The summed E-state index contributed by atoms with van der Waals surface area (Å²) in [6.07, 6.45) is 0.978. The van der Waals surface area contributed by atoms with Crippen molar-refractivity contribution >= 4 is 11.6 Å². The molecule has 0 saturated carbocycles. The first kappa shape index (κ1) is 14.2. The van der Waals surface area contributed by atoms with Gasteiger partial charge in [0.05, 0.1) is 17.8 Å². The Morgan fingerprint density at radius 3 is 2.78 bits per heavy atom. The summed E-state index contributed by atoms with van der Waals surface area (Å²) in [5.74, 6) is -0.0435. The molecular weight excluding hydrogens is 226 g/mol. The van der Waals surface area contributed by atoms with E-state index >= 15 is 0 Å². The van der Waals surface area contributed by atoms with Crippen LogP contribution >= 0.6 is 0 Å². The van der Waals surface area contributed by atoms with Crippen LogP contribution in [-0.4, -0.2) is 25.5 Å². The van der Waals surface area contributed by atoms with Gasteiger partial charge in [0.25, 0.3) is 0 Å². The third kappa shape index (κ3) is 3.57. The number of likely N-dealkylation sites (N-methyl/N-ethyl adjacent to an activating group) is 1. The van der Waals surface area contributed by atoms with Gasteiger partial charge in [-0.15, -0.1) is 0 Å². The average molecular weight is 245 g/mol. The highest BCUT2D eigenvalue weighted by molar-refractivity contribution is 5.95. The molecule has 1 unspecified atom stereocenters. The molecule has 0 aromatic heterocycles. The minimum Gasteiger partial charge on any atom is -0.313 e. The van der Waals surface area contributed by atoms with Crippen LogP contribution in [0.15, 0.2) is 24.3 Å². The van der Waals surface area contributed by atoms with Crippen LogP contribution in [0.25, 0.3) is 0 Å². The molecule has 1 N–H and O–H groups in total. The molecule has 4 heteroatoms. The summed E-state index contributed by atoms with van der Waals surface area (Å²) in [5.41, 5.74) is 1.16. The number of benzene rings is 1. The number of para-hydroxylation sites is 1. The third-order valence-corrected chi connectivity index (χ3v) is 2.97. The van der Waals surface area contributed by atoms with Crippen LogP contribution < -0.4 is 10.2 Å². The molecule has 96 valence electrons. The number of carbonyl (C=O) groups excluding carboxylic acids is 1. The van der Waals surface area contributed by atoms with E-state index in [0.717, 1.165) is 6.42 Å². The van der Waals surface area contributed by atoms with Gasteiger partial charge in [-0.25, -0.2) is 0 Å². The zero-order valence-corrected chi connectivity index (χ0v) is 11.1. The topological polar surface area (TPSA) is 56.1 Å². The molecule has 0 fully saturated rings. The first-order chi connectivity index (χ1) is 8.60. The van der Waals surface area contributed by atoms with Crippen molar-refractivity contribution in [2.24, 2.45) is 0 Å². The van der Waals surface area contributed by atoms with Crippen LogP contribution in [0.4, 0.5) is 5.69 Å². The van der Waals surface area contributed by atoms with Gasteiger partial charge in [-0.3, -0.25) is 4.79 Å². The van der Waals surface area contributed by atoms with Crippen molar-refractivity contribution < 1.29 is 4.79 Å². The van der Waals surface area contributed by atoms with Crippen molar-refractivity contribution in [2.45, 2.75) is 26.3 Å². The number of hydrogen-bond acceptors (Lipinski definition) is 3. The second-order valence-corrected chi connectivity index (χ2v) is 4.27. The fourth-order valence-corrected chi connectivity index (χ4v) is 1.52. The first-order valence-corrected chi connectivity index (χ1v) is 6.09. The molecule has 4 nitrogen and oxygen atoms in total. The first-order valence-electron chi connectivity index (χ1n) is 6.09. The molecule has 0 spiro atoms. The number of amides is 1. The van der Waals surface area contributed by atoms with E-state index in [2.05, 4.69) is 18.3 Å². The van der Waals surface area contributed by atoms with Crippen molar-refractivity contribution in [1.29, 1.82) is 5.26 Å². The maximum absolute atomic E-state index is 12.0. The summed E-state index contributed by atoms with van der Waals surface area (Å²) in [4.78, 5) is 13.5. The van der Waals surface area contributed by atoms with Crippen molar-refractivity contribution in [3.05, 3.63) is 29.8 Å². The predicted octanol–water partition coefficient (Wildman–Crippen LogP) is 1.91. The summed E-state index contributed by atoms with van der Waals surface area (Å²) < 4.78 is 0. The Balaban J connectivity index is 2.72. The van der Waals surface area contributed by atoms with Crippen LogP contribution in [0.2, 0.25) is 0 Å². The molecule has 1 amide bonds. The molecule has 1 rings (SSSR count). The molecule has 0 saturated heterocycles. The molecule has 1 aromatic carbocycles. The monoisotopic (exact) mass is 245 g/mol. The lowest BCUT2D eigenvalue weighted by molar-refractivity contribution is -0.117. The highest BCUT2D eigenvalue weighted by atomic mass is 16.2. The van der Waals surface area contributed by atoms with Crippen LogP contribution in [0.1, 0.15) is 25.8 Å². The van der Waals surface area contributed by atoms with Crippen LogP contribution in [0.5, 0.6) is 0 Å². The lowest BCUT2D eigenvalue weighted by Gasteiger charge is -2.20. The lowest BCUT2D eigenvalue weighted by Crippen LogP contribution is -2.39. The Bertz CT molecular complexity index is 451. The predicted molar refractivity (Wildman–Crippen MR) is 72.3 cm³/mol. The fraction of sp³-hybridized carbons (Fsp3) is 0.429. The van der Waals surface area contributed by atoms with Crippen molar-refractivity contribution in [2.75, 3.05) is 18.5 Å². The average Bonchev–Trinajstić information content (AvgIpc) is 2.43. The molecule has 0 aliphatic heterocycles. The van der Waals surface area contributed by atoms with E-state index in [1.54, 1.807) is 25.2 Å². The van der Waals surface area contributed by atoms with E-state index < -0.39 is 0 Å². The van der Waals surface area contributed by atoms with Gasteiger partial charge in [-0.1, -0.05) is 19.1 Å². The van der Waals surface area contributed by atoms with Crippen LogP contribution in [-0.2, 0) is 4.79 Å². The second-order valence-electron chi connectivity index (χ2n) is 4.27. The fourth-order valence-electron chi connectivity index (χ4n) is 1.52. The summed E-state index contributed by atoms with van der Waals surface area (Å²) in [7, 11) is 1.69. The third-order valence-electron chi connectivity index (χ3n) is 2.97. The lowest BCUT2D eigenvalue weighted by atomic mass is 10.2. The molecule has 0 aliphatic rings. The molecular formula is C14H19N3O. The molecule has 1 aromatic rings. The normalized spacial score (nSPS) is 11.7. The summed E-state index contributed by atoms with van der Waals surface area (Å²) in [6, 6.07) is 9.50. The Labute approximate surface area is 108 Å². The second kappa shape index (κ2) is 6.77. The molecule has 18 heavy (non-hydrogen) atoms. The van der Waals surface area contributed by atoms with Gasteiger partial charge in [-0.2, -0.15) is 5.26 Å². The molecule has 0 heterocycles. The standard InChI is InChI=1S/C14H19N3O/c1-4-11(2)16-10-14(18)17(3)13-8-6-5-7-12(13)9-15/h5-8,11,16H,4,10H2,1-3H3. The number of nitrogens with one attached hydrogen (secondary N) is 1. The van der Waals surface area contributed by atoms with Crippen LogP contribution in [0, 0.1) is 11.3 Å². The summed E-state index contributed by atoms with van der Waals surface area (Å²) >= 11 is 0. The molecule has 0 bridgehead atoms. The molecule has 0 aliphatic carbocycles. The highest BCUT2D eigenvalue weighted by Crippen LogP contribution is 2.17. The number of hydrogen-bond donors (Lipinski definition) is 1. The minimum absolute atomic E-state index is 0.0435. The van der Waals surface area contributed by atoms with Gasteiger partial charge in [-0.05, 0) is 25.5 Å². The summed E-state index contributed by atoms with van der Waals surface area (Å²) in [6.45, 7) is 4.39. The van der Waals surface area contributed by atoms with E-state index in [-0.39, 0.29) is 12.5 Å². The zero-order valence-electron chi connectivity index (χ0n) is 11.1. The molecule has 0 radical (unpaired) electrons. The SMILES string of the molecule is CCC(C)NCC(=O)N(C)c1ccccc1C#N. The maximum Gasteiger partial charge on any atom is 0.240 e. The largest absolute Gasteiger partial charge is 0.313 e.